The van der Waals surface area contributed by atoms with Gasteiger partial charge in [0, 0.05) is 41.3 Å². The topological polar surface area (TPSA) is 51.6 Å². The molecule has 0 atom stereocenters. The van der Waals surface area contributed by atoms with Gasteiger partial charge in [0.15, 0.2) is 5.82 Å². The van der Waals surface area contributed by atoms with Crippen LogP contribution in [0.2, 0.25) is 0 Å². The number of rotatable bonds is 2. The maximum absolute atomic E-state index is 4.49. The number of hydrogen-bond acceptors (Lipinski definition) is 4. The van der Waals surface area contributed by atoms with Crippen LogP contribution in [0.5, 0.6) is 0 Å². The summed E-state index contributed by atoms with van der Waals surface area (Å²) in [4.78, 5) is 17.4. The van der Waals surface area contributed by atoms with Crippen molar-refractivity contribution in [1.29, 1.82) is 0 Å². The summed E-state index contributed by atoms with van der Waals surface area (Å²) >= 11 is 0. The molecule has 3 heterocycles. The molecule has 104 valence electrons. The fourth-order valence-electron chi connectivity index (χ4n) is 2.45. The molecule has 0 unspecified atom stereocenters. The summed E-state index contributed by atoms with van der Waals surface area (Å²) in [7, 11) is 0. The number of hydrogen-bond donors (Lipinski definition) is 0. The number of benzene rings is 1. The van der Waals surface area contributed by atoms with Crippen molar-refractivity contribution >= 4 is 10.9 Å². The number of nitrogens with zero attached hydrogens (tertiary/aromatic N) is 4. The zero-order valence-corrected chi connectivity index (χ0v) is 11.7. The molecule has 4 heteroatoms. The lowest BCUT2D eigenvalue weighted by atomic mass is 10.0. The lowest BCUT2D eigenvalue weighted by Gasteiger charge is -2.06. The molecule has 0 radical (unpaired) electrons. The molecule has 4 rings (SSSR count). The fourth-order valence-corrected chi connectivity index (χ4v) is 2.45. The third-order valence-electron chi connectivity index (χ3n) is 3.50. The largest absolute Gasteiger partial charge is 0.256 e. The zero-order chi connectivity index (χ0) is 14.8. The molecule has 0 saturated carbocycles. The van der Waals surface area contributed by atoms with E-state index in [0.717, 1.165) is 27.7 Å². The van der Waals surface area contributed by atoms with E-state index in [0.29, 0.717) is 5.82 Å². The molecule has 0 N–H and O–H groups in total. The van der Waals surface area contributed by atoms with Crippen molar-refractivity contribution in [3.05, 3.63) is 73.3 Å². The van der Waals surface area contributed by atoms with E-state index in [-0.39, 0.29) is 0 Å². The molecular formula is C18H12N4. The van der Waals surface area contributed by atoms with Gasteiger partial charge in [-0.2, -0.15) is 0 Å². The van der Waals surface area contributed by atoms with Crippen molar-refractivity contribution in [2.24, 2.45) is 0 Å². The monoisotopic (exact) mass is 284 g/mol. The van der Waals surface area contributed by atoms with Gasteiger partial charge < -0.3 is 0 Å². The summed E-state index contributed by atoms with van der Waals surface area (Å²) in [6, 6.07) is 15.9. The van der Waals surface area contributed by atoms with Crippen molar-refractivity contribution in [3.63, 3.8) is 0 Å². The van der Waals surface area contributed by atoms with E-state index in [1.165, 1.54) is 0 Å². The Morgan fingerprint density at radius 3 is 2.27 bits per heavy atom. The molecule has 0 aliphatic rings. The Balaban J connectivity index is 1.80. The van der Waals surface area contributed by atoms with Crippen molar-refractivity contribution in [2.75, 3.05) is 0 Å². The highest BCUT2D eigenvalue weighted by Crippen LogP contribution is 2.27. The van der Waals surface area contributed by atoms with E-state index in [1.807, 2.05) is 36.7 Å². The average Bonchev–Trinajstić information content (AvgIpc) is 2.62. The van der Waals surface area contributed by atoms with Crippen molar-refractivity contribution in [2.45, 2.75) is 0 Å². The van der Waals surface area contributed by atoms with Crippen LogP contribution >= 0.6 is 0 Å². The van der Waals surface area contributed by atoms with Gasteiger partial charge >= 0.3 is 0 Å². The zero-order valence-electron chi connectivity index (χ0n) is 11.7. The third kappa shape index (κ3) is 2.20. The number of aromatic nitrogens is 4. The quantitative estimate of drug-likeness (QED) is 0.562. The first-order valence-corrected chi connectivity index (χ1v) is 6.99. The van der Waals surface area contributed by atoms with E-state index in [2.05, 4.69) is 38.1 Å². The minimum absolute atomic E-state index is 0.630. The van der Waals surface area contributed by atoms with Gasteiger partial charge in [0.05, 0.1) is 5.52 Å². The van der Waals surface area contributed by atoms with Crippen LogP contribution in [-0.2, 0) is 0 Å². The normalized spacial score (nSPS) is 10.7. The Hall–Kier alpha value is -3.14. The highest BCUT2D eigenvalue weighted by molar-refractivity contribution is 5.93. The summed E-state index contributed by atoms with van der Waals surface area (Å²) in [5, 5.41) is 1.12. The fraction of sp³-hybridized carbons (Fsp3) is 0. The summed E-state index contributed by atoms with van der Waals surface area (Å²) in [6.45, 7) is 0. The van der Waals surface area contributed by atoms with Crippen molar-refractivity contribution in [3.8, 4) is 22.6 Å². The van der Waals surface area contributed by atoms with Crippen LogP contribution in [0, 0.1) is 0 Å². The number of para-hydroxylation sites is 1. The molecule has 0 saturated heterocycles. The van der Waals surface area contributed by atoms with E-state index < -0.39 is 0 Å². The number of pyridine rings is 2. The second-order valence-corrected chi connectivity index (χ2v) is 4.89. The lowest BCUT2D eigenvalue weighted by molar-refractivity contribution is 1.14. The molecule has 0 amide bonds. The Labute approximate surface area is 127 Å². The average molecular weight is 284 g/mol. The second-order valence-electron chi connectivity index (χ2n) is 4.89. The van der Waals surface area contributed by atoms with E-state index in [9.17, 15) is 0 Å². The Morgan fingerprint density at radius 1 is 0.636 bits per heavy atom. The summed E-state index contributed by atoms with van der Waals surface area (Å²) < 4.78 is 0. The smallest absolute Gasteiger partial charge is 0.178 e. The maximum atomic E-state index is 4.49. The van der Waals surface area contributed by atoms with Crippen molar-refractivity contribution in [1.82, 2.24) is 19.9 Å². The van der Waals surface area contributed by atoms with Crippen LogP contribution in [-0.4, -0.2) is 19.9 Å². The van der Waals surface area contributed by atoms with E-state index >= 15 is 0 Å². The minimum atomic E-state index is 0.630. The van der Waals surface area contributed by atoms with Gasteiger partial charge in [-0.15, -0.1) is 0 Å². The lowest BCUT2D eigenvalue weighted by Crippen LogP contribution is -1.91. The first-order valence-electron chi connectivity index (χ1n) is 6.99. The predicted octanol–water partition coefficient (Wildman–Crippen LogP) is 3.75. The first kappa shape index (κ1) is 12.6. The maximum Gasteiger partial charge on any atom is 0.178 e. The Morgan fingerprint density at radius 2 is 1.45 bits per heavy atom. The van der Waals surface area contributed by atoms with E-state index in [4.69, 9.17) is 0 Å². The summed E-state index contributed by atoms with van der Waals surface area (Å²) in [5.74, 6) is 0.630. The van der Waals surface area contributed by atoms with Crippen LogP contribution in [0.4, 0.5) is 0 Å². The highest BCUT2D eigenvalue weighted by atomic mass is 14.9. The SMILES string of the molecule is c1cnc(-c2ccc(-c3cccc4cccnc34)cn2)nc1. The molecule has 3 aromatic heterocycles. The molecule has 0 bridgehead atoms. The molecule has 0 aliphatic carbocycles. The molecule has 22 heavy (non-hydrogen) atoms. The van der Waals surface area contributed by atoms with Gasteiger partial charge in [-0.05, 0) is 18.2 Å². The Kier molecular flexibility index (Phi) is 3.05. The highest BCUT2D eigenvalue weighted by Gasteiger charge is 2.06. The number of fused-ring (bicyclic) bond motifs is 1. The molecule has 1 aromatic carbocycles. The molecule has 0 spiro atoms. The van der Waals surface area contributed by atoms with Crippen LogP contribution in [0.15, 0.2) is 73.3 Å². The van der Waals surface area contributed by atoms with Gasteiger partial charge in [-0.3, -0.25) is 9.97 Å². The summed E-state index contributed by atoms with van der Waals surface area (Å²) in [6.07, 6.45) is 7.08. The van der Waals surface area contributed by atoms with Crippen LogP contribution in [0.3, 0.4) is 0 Å². The van der Waals surface area contributed by atoms with Gasteiger partial charge in [-0.1, -0.05) is 30.3 Å². The molecule has 0 fully saturated rings. The van der Waals surface area contributed by atoms with Crippen LogP contribution in [0.25, 0.3) is 33.5 Å². The van der Waals surface area contributed by atoms with Gasteiger partial charge in [0.2, 0.25) is 0 Å². The Bertz CT molecular complexity index is 913. The summed E-state index contributed by atoms with van der Waals surface area (Å²) in [5.41, 5.74) is 3.85. The van der Waals surface area contributed by atoms with Crippen LogP contribution < -0.4 is 0 Å². The van der Waals surface area contributed by atoms with Crippen molar-refractivity contribution < 1.29 is 0 Å². The molecule has 0 aliphatic heterocycles. The van der Waals surface area contributed by atoms with Gasteiger partial charge in [0.1, 0.15) is 5.69 Å². The molecule has 4 nitrogen and oxygen atoms in total. The predicted molar refractivity (Wildman–Crippen MR) is 86.0 cm³/mol. The van der Waals surface area contributed by atoms with Gasteiger partial charge in [-0.25, -0.2) is 9.97 Å². The first-order chi connectivity index (χ1) is 10.9. The minimum Gasteiger partial charge on any atom is -0.256 e. The molecule has 4 aromatic rings. The van der Waals surface area contributed by atoms with Crippen LogP contribution in [0.1, 0.15) is 0 Å². The molecular weight excluding hydrogens is 272 g/mol. The third-order valence-corrected chi connectivity index (χ3v) is 3.50. The second kappa shape index (κ2) is 5.33. The van der Waals surface area contributed by atoms with E-state index in [1.54, 1.807) is 18.5 Å². The van der Waals surface area contributed by atoms with Gasteiger partial charge in [0.25, 0.3) is 0 Å². The standard InChI is InChI=1S/C18H12N4/c1-4-13-5-2-9-19-17(13)15(6-1)14-7-8-16(22-12-14)18-20-10-3-11-21-18/h1-12H.